The zero-order chi connectivity index (χ0) is 15.5. The highest BCUT2D eigenvalue weighted by Crippen LogP contribution is 2.43. The van der Waals surface area contributed by atoms with Crippen molar-refractivity contribution in [2.24, 2.45) is 11.3 Å². The molecule has 4 heteroatoms. The Morgan fingerprint density at radius 2 is 2.05 bits per heavy atom. The minimum absolute atomic E-state index is 0.153. The van der Waals surface area contributed by atoms with E-state index in [0.717, 1.165) is 12.2 Å². The molecule has 2 rings (SSSR count). The first kappa shape index (κ1) is 16.2. The molecule has 1 fully saturated rings. The molecule has 0 aliphatic heterocycles. The highest BCUT2D eigenvalue weighted by molar-refractivity contribution is 6.33. The molecule has 3 nitrogen and oxygen atoms in total. The Hall–Kier alpha value is -1.22. The van der Waals surface area contributed by atoms with Gasteiger partial charge in [-0.2, -0.15) is 0 Å². The summed E-state index contributed by atoms with van der Waals surface area (Å²) in [6.45, 7) is 5.49. The number of hydrogen-bond acceptors (Lipinski definition) is 2. The molecule has 0 spiro atoms. The minimum Gasteiger partial charge on any atom is -0.478 e. The van der Waals surface area contributed by atoms with Crippen LogP contribution >= 0.6 is 11.6 Å². The van der Waals surface area contributed by atoms with E-state index < -0.39 is 5.97 Å². The lowest BCUT2D eigenvalue weighted by atomic mass is 9.78. The maximum Gasteiger partial charge on any atom is 0.337 e. The molecule has 1 aromatic carbocycles. The summed E-state index contributed by atoms with van der Waals surface area (Å²) in [7, 11) is 0. The maximum atomic E-state index is 11.0. The highest BCUT2D eigenvalue weighted by Gasteiger charge is 2.34. The maximum absolute atomic E-state index is 11.0. The summed E-state index contributed by atoms with van der Waals surface area (Å²) in [6, 6.07) is 5.08. The third-order valence-corrected chi connectivity index (χ3v) is 4.69. The average Bonchev–Trinajstić information content (AvgIpc) is 2.84. The van der Waals surface area contributed by atoms with Gasteiger partial charge in [0.2, 0.25) is 0 Å². The second-order valence-electron chi connectivity index (χ2n) is 6.66. The second kappa shape index (κ2) is 6.69. The molecular formula is C17H24ClNO2. The monoisotopic (exact) mass is 309 g/mol. The zero-order valence-electron chi connectivity index (χ0n) is 12.8. The van der Waals surface area contributed by atoms with Crippen LogP contribution in [0, 0.1) is 11.3 Å². The molecule has 0 atom stereocenters. The Morgan fingerprint density at radius 1 is 1.38 bits per heavy atom. The molecule has 0 amide bonds. The van der Waals surface area contributed by atoms with Crippen molar-refractivity contribution in [2.45, 2.75) is 46.0 Å². The summed E-state index contributed by atoms with van der Waals surface area (Å²) >= 11 is 6.02. The van der Waals surface area contributed by atoms with Crippen molar-refractivity contribution in [3.8, 4) is 0 Å². The number of rotatable bonds is 6. The third-order valence-electron chi connectivity index (χ3n) is 4.37. The van der Waals surface area contributed by atoms with E-state index in [1.165, 1.54) is 32.1 Å². The summed E-state index contributed by atoms with van der Waals surface area (Å²) in [5.74, 6) is -0.290. The molecule has 1 aliphatic carbocycles. The number of halogens is 1. The fourth-order valence-corrected chi connectivity index (χ4v) is 3.79. The van der Waals surface area contributed by atoms with Gasteiger partial charge in [0, 0.05) is 12.2 Å². The molecule has 0 bridgehead atoms. The molecule has 2 N–H and O–H groups in total. The van der Waals surface area contributed by atoms with Gasteiger partial charge in [0.15, 0.2) is 0 Å². The molecule has 0 radical (unpaired) electrons. The Labute approximate surface area is 131 Å². The number of carboxylic acid groups (broad SMARTS) is 1. The van der Waals surface area contributed by atoms with E-state index in [1.54, 1.807) is 18.2 Å². The average molecular weight is 310 g/mol. The van der Waals surface area contributed by atoms with E-state index in [4.69, 9.17) is 16.7 Å². The van der Waals surface area contributed by atoms with Gasteiger partial charge in [-0.15, -0.1) is 0 Å². The van der Waals surface area contributed by atoms with E-state index in [-0.39, 0.29) is 10.6 Å². The van der Waals surface area contributed by atoms with Crippen LogP contribution in [0.1, 0.15) is 56.3 Å². The van der Waals surface area contributed by atoms with E-state index in [1.807, 2.05) is 0 Å². The van der Waals surface area contributed by atoms with Gasteiger partial charge in [-0.05, 0) is 48.8 Å². The van der Waals surface area contributed by atoms with E-state index in [9.17, 15) is 4.79 Å². The van der Waals surface area contributed by atoms with Crippen molar-refractivity contribution >= 4 is 23.3 Å². The number of benzene rings is 1. The van der Waals surface area contributed by atoms with Crippen LogP contribution in [0.4, 0.5) is 5.69 Å². The topological polar surface area (TPSA) is 49.3 Å². The van der Waals surface area contributed by atoms with Gasteiger partial charge in [-0.3, -0.25) is 0 Å². The van der Waals surface area contributed by atoms with Crippen LogP contribution in [0.3, 0.4) is 0 Å². The van der Waals surface area contributed by atoms with E-state index >= 15 is 0 Å². The Bertz CT molecular complexity index is 508. The van der Waals surface area contributed by atoms with Gasteiger partial charge in [0.05, 0.1) is 10.6 Å². The van der Waals surface area contributed by atoms with Crippen molar-refractivity contribution in [3.05, 3.63) is 28.8 Å². The molecule has 1 aromatic rings. The second-order valence-corrected chi connectivity index (χ2v) is 7.07. The van der Waals surface area contributed by atoms with Crippen LogP contribution in [0.2, 0.25) is 5.02 Å². The van der Waals surface area contributed by atoms with Crippen LogP contribution in [-0.4, -0.2) is 17.6 Å². The number of carboxylic acids is 1. The Kier molecular flexibility index (Phi) is 5.15. The normalized spacial score (nSPS) is 17.1. The molecule has 0 saturated heterocycles. The lowest BCUT2D eigenvalue weighted by Gasteiger charge is -2.31. The van der Waals surface area contributed by atoms with Crippen molar-refractivity contribution < 1.29 is 9.90 Å². The fourth-order valence-electron chi connectivity index (χ4n) is 3.53. The summed E-state index contributed by atoms with van der Waals surface area (Å²) in [6.07, 6.45) is 6.42. The van der Waals surface area contributed by atoms with E-state index in [0.29, 0.717) is 11.3 Å². The van der Waals surface area contributed by atoms with Gasteiger partial charge < -0.3 is 10.4 Å². The molecule has 1 aliphatic rings. The number of hydrogen-bond donors (Lipinski definition) is 2. The lowest BCUT2D eigenvalue weighted by molar-refractivity contribution is 0.0697. The first-order valence-corrected chi connectivity index (χ1v) is 8.06. The minimum atomic E-state index is -0.987. The first-order chi connectivity index (χ1) is 9.92. The van der Waals surface area contributed by atoms with Crippen LogP contribution in [-0.2, 0) is 0 Å². The van der Waals surface area contributed by atoms with E-state index in [2.05, 4.69) is 19.2 Å². The lowest BCUT2D eigenvalue weighted by Crippen LogP contribution is -2.28. The van der Waals surface area contributed by atoms with Gasteiger partial charge >= 0.3 is 5.97 Å². The first-order valence-electron chi connectivity index (χ1n) is 7.69. The summed E-state index contributed by atoms with van der Waals surface area (Å²) in [5, 5.41) is 12.7. The predicted molar refractivity (Wildman–Crippen MR) is 87.3 cm³/mol. The zero-order valence-corrected chi connectivity index (χ0v) is 13.5. The van der Waals surface area contributed by atoms with Crippen LogP contribution in [0.15, 0.2) is 18.2 Å². The van der Waals surface area contributed by atoms with Gasteiger partial charge in [-0.1, -0.05) is 38.3 Å². The molecule has 0 unspecified atom stereocenters. The van der Waals surface area contributed by atoms with Crippen LogP contribution < -0.4 is 5.32 Å². The van der Waals surface area contributed by atoms with Gasteiger partial charge in [0.25, 0.3) is 0 Å². The van der Waals surface area contributed by atoms with Crippen LogP contribution in [0.25, 0.3) is 0 Å². The third kappa shape index (κ3) is 4.13. The molecule has 0 aromatic heterocycles. The van der Waals surface area contributed by atoms with Crippen molar-refractivity contribution in [1.82, 2.24) is 0 Å². The number of nitrogens with one attached hydrogen (secondary N) is 1. The number of anilines is 1. The molecule has 116 valence electrons. The largest absolute Gasteiger partial charge is 0.478 e. The number of aromatic carboxylic acids is 1. The molecule has 21 heavy (non-hydrogen) atoms. The van der Waals surface area contributed by atoms with Crippen molar-refractivity contribution in [2.75, 3.05) is 11.9 Å². The van der Waals surface area contributed by atoms with Crippen LogP contribution in [0.5, 0.6) is 0 Å². The summed E-state index contributed by atoms with van der Waals surface area (Å²) < 4.78 is 0. The van der Waals surface area contributed by atoms with Gasteiger partial charge in [0.1, 0.15) is 0 Å². The SMILES string of the molecule is CC(C)CC1(CNc2ccc(C(=O)O)c(Cl)c2)CCCC1. The molecule has 0 heterocycles. The number of carbonyl (C=O) groups is 1. The Morgan fingerprint density at radius 3 is 2.57 bits per heavy atom. The van der Waals surface area contributed by atoms with Gasteiger partial charge in [-0.25, -0.2) is 4.79 Å². The molecule has 1 saturated carbocycles. The molecular weight excluding hydrogens is 286 g/mol. The summed E-state index contributed by atoms with van der Waals surface area (Å²) in [5.41, 5.74) is 1.44. The highest BCUT2D eigenvalue weighted by atomic mass is 35.5. The predicted octanol–water partition coefficient (Wildman–Crippen LogP) is 5.06. The standard InChI is InChI=1S/C17H24ClNO2/c1-12(2)10-17(7-3-4-8-17)11-19-13-5-6-14(16(20)21)15(18)9-13/h5-6,9,12,19H,3-4,7-8,10-11H2,1-2H3,(H,20,21). The van der Waals surface area contributed by atoms with Crippen molar-refractivity contribution in [1.29, 1.82) is 0 Å². The fraction of sp³-hybridized carbons (Fsp3) is 0.588. The smallest absolute Gasteiger partial charge is 0.337 e. The quantitative estimate of drug-likeness (QED) is 0.772. The Balaban J connectivity index is 2.04. The van der Waals surface area contributed by atoms with Crippen molar-refractivity contribution in [3.63, 3.8) is 0 Å². The summed E-state index contributed by atoms with van der Waals surface area (Å²) in [4.78, 5) is 11.0.